The third kappa shape index (κ3) is 5.42. The van der Waals surface area contributed by atoms with Gasteiger partial charge in [0.05, 0.1) is 6.61 Å². The van der Waals surface area contributed by atoms with E-state index in [1.807, 2.05) is 6.92 Å². The minimum absolute atomic E-state index is 0.143. The Kier molecular flexibility index (Phi) is 5.58. The lowest BCUT2D eigenvalue weighted by atomic mass is 10.3. The lowest BCUT2D eigenvalue weighted by Crippen LogP contribution is -2.25. The van der Waals surface area contributed by atoms with Crippen LogP contribution in [0.15, 0.2) is 12.4 Å². The first-order valence-corrected chi connectivity index (χ1v) is 7.26. The number of rotatable bonds is 9. The fourth-order valence-electron chi connectivity index (χ4n) is 1.71. The standard InChI is InChI=1S/C14H22N4O2/c1-2-8-20-14-9-12(16-10-17-14)15-7-3-4-13(19)18-11-5-6-11/h9-11H,2-8H2,1H3,(H,18,19)(H,15,16,17). The Morgan fingerprint density at radius 1 is 1.45 bits per heavy atom. The van der Waals surface area contributed by atoms with Crippen LogP contribution in [0.5, 0.6) is 5.88 Å². The van der Waals surface area contributed by atoms with Crippen LogP contribution in [0.3, 0.4) is 0 Å². The van der Waals surface area contributed by atoms with Gasteiger partial charge in [-0.3, -0.25) is 4.79 Å². The average molecular weight is 278 g/mol. The molecule has 0 bridgehead atoms. The molecule has 2 N–H and O–H groups in total. The van der Waals surface area contributed by atoms with Gasteiger partial charge in [-0.15, -0.1) is 0 Å². The van der Waals surface area contributed by atoms with E-state index in [1.54, 1.807) is 6.07 Å². The summed E-state index contributed by atoms with van der Waals surface area (Å²) >= 11 is 0. The van der Waals surface area contributed by atoms with Gasteiger partial charge in [-0.1, -0.05) is 6.92 Å². The molecule has 1 aromatic rings. The number of anilines is 1. The highest BCUT2D eigenvalue weighted by atomic mass is 16.5. The van der Waals surface area contributed by atoms with Crippen molar-refractivity contribution in [3.05, 3.63) is 12.4 Å². The van der Waals surface area contributed by atoms with Gasteiger partial charge in [0, 0.05) is 25.1 Å². The number of amides is 1. The van der Waals surface area contributed by atoms with Crippen LogP contribution in [0.25, 0.3) is 0 Å². The summed E-state index contributed by atoms with van der Waals surface area (Å²) in [6.07, 6.45) is 6.02. The Bertz CT molecular complexity index is 435. The first kappa shape index (κ1) is 14.6. The first-order chi connectivity index (χ1) is 9.78. The molecule has 1 fully saturated rings. The lowest BCUT2D eigenvalue weighted by Gasteiger charge is -2.07. The summed E-state index contributed by atoms with van der Waals surface area (Å²) < 4.78 is 5.44. The van der Waals surface area contributed by atoms with E-state index < -0.39 is 0 Å². The van der Waals surface area contributed by atoms with Crippen LogP contribution in [-0.2, 0) is 4.79 Å². The van der Waals surface area contributed by atoms with Crippen LogP contribution in [-0.4, -0.2) is 35.1 Å². The highest BCUT2D eigenvalue weighted by Crippen LogP contribution is 2.18. The molecule has 1 aliphatic carbocycles. The molecule has 6 heteroatoms. The fraction of sp³-hybridized carbons (Fsp3) is 0.643. The highest BCUT2D eigenvalue weighted by Gasteiger charge is 2.22. The number of carbonyl (C=O) groups is 1. The van der Waals surface area contributed by atoms with E-state index in [4.69, 9.17) is 4.74 Å². The van der Waals surface area contributed by atoms with Crippen LogP contribution in [0.2, 0.25) is 0 Å². The molecule has 20 heavy (non-hydrogen) atoms. The highest BCUT2D eigenvalue weighted by molar-refractivity contribution is 5.76. The molecule has 1 amide bonds. The molecule has 110 valence electrons. The van der Waals surface area contributed by atoms with Gasteiger partial charge < -0.3 is 15.4 Å². The Labute approximate surface area is 119 Å². The molecule has 1 aromatic heterocycles. The van der Waals surface area contributed by atoms with Gasteiger partial charge in [-0.25, -0.2) is 9.97 Å². The maximum absolute atomic E-state index is 11.5. The SMILES string of the molecule is CCCOc1cc(NCCCC(=O)NC2CC2)ncn1. The Balaban J connectivity index is 1.63. The van der Waals surface area contributed by atoms with E-state index in [0.717, 1.165) is 31.5 Å². The number of hydrogen-bond acceptors (Lipinski definition) is 5. The van der Waals surface area contributed by atoms with Crippen LogP contribution < -0.4 is 15.4 Å². The molecule has 6 nitrogen and oxygen atoms in total. The lowest BCUT2D eigenvalue weighted by molar-refractivity contribution is -0.121. The molecular formula is C14H22N4O2. The molecule has 0 spiro atoms. The van der Waals surface area contributed by atoms with E-state index in [9.17, 15) is 4.79 Å². The average Bonchev–Trinajstić information content (AvgIpc) is 3.26. The van der Waals surface area contributed by atoms with Crippen molar-refractivity contribution in [1.82, 2.24) is 15.3 Å². The molecule has 2 rings (SSSR count). The van der Waals surface area contributed by atoms with Crippen molar-refractivity contribution < 1.29 is 9.53 Å². The van der Waals surface area contributed by atoms with Gasteiger partial charge in [0.2, 0.25) is 11.8 Å². The predicted molar refractivity (Wildman–Crippen MR) is 76.7 cm³/mol. The third-order valence-electron chi connectivity index (χ3n) is 2.93. The monoisotopic (exact) mass is 278 g/mol. The Morgan fingerprint density at radius 3 is 3.05 bits per heavy atom. The molecule has 0 saturated heterocycles. The molecule has 1 aliphatic rings. The van der Waals surface area contributed by atoms with Gasteiger partial charge in [-0.2, -0.15) is 0 Å². The van der Waals surface area contributed by atoms with Crippen molar-refractivity contribution in [2.75, 3.05) is 18.5 Å². The van der Waals surface area contributed by atoms with Gasteiger partial charge in [0.1, 0.15) is 12.1 Å². The van der Waals surface area contributed by atoms with Gasteiger partial charge >= 0.3 is 0 Å². The van der Waals surface area contributed by atoms with E-state index in [0.29, 0.717) is 31.5 Å². The van der Waals surface area contributed by atoms with E-state index >= 15 is 0 Å². The number of aromatic nitrogens is 2. The molecule has 0 atom stereocenters. The van der Waals surface area contributed by atoms with Gasteiger partial charge in [0.25, 0.3) is 0 Å². The minimum Gasteiger partial charge on any atom is -0.478 e. The van der Waals surface area contributed by atoms with Crippen molar-refractivity contribution in [1.29, 1.82) is 0 Å². The second-order valence-electron chi connectivity index (χ2n) is 4.96. The number of hydrogen-bond donors (Lipinski definition) is 2. The van der Waals surface area contributed by atoms with Gasteiger partial charge in [-0.05, 0) is 25.7 Å². The third-order valence-corrected chi connectivity index (χ3v) is 2.93. The summed E-state index contributed by atoms with van der Waals surface area (Å²) in [7, 11) is 0. The summed E-state index contributed by atoms with van der Waals surface area (Å²) in [6.45, 7) is 3.41. The summed E-state index contributed by atoms with van der Waals surface area (Å²) in [5.74, 6) is 1.45. The zero-order valence-electron chi connectivity index (χ0n) is 11.9. The molecule has 0 aliphatic heterocycles. The van der Waals surface area contributed by atoms with E-state index in [2.05, 4.69) is 20.6 Å². The number of ether oxygens (including phenoxy) is 1. The van der Waals surface area contributed by atoms with Crippen LogP contribution in [0.1, 0.15) is 39.0 Å². The quantitative estimate of drug-likeness (QED) is 0.673. The van der Waals surface area contributed by atoms with Crippen LogP contribution in [0, 0.1) is 0 Å². The normalized spacial score (nSPS) is 13.8. The maximum atomic E-state index is 11.5. The van der Waals surface area contributed by atoms with Gasteiger partial charge in [0.15, 0.2) is 0 Å². The number of nitrogens with one attached hydrogen (secondary N) is 2. The maximum Gasteiger partial charge on any atom is 0.220 e. The van der Waals surface area contributed by atoms with Crippen LogP contribution in [0.4, 0.5) is 5.82 Å². The van der Waals surface area contributed by atoms with E-state index in [1.165, 1.54) is 6.33 Å². The van der Waals surface area contributed by atoms with Crippen molar-refractivity contribution >= 4 is 11.7 Å². The van der Waals surface area contributed by atoms with E-state index in [-0.39, 0.29) is 5.91 Å². The minimum atomic E-state index is 0.143. The summed E-state index contributed by atoms with van der Waals surface area (Å²) in [6, 6.07) is 2.22. The molecule has 1 heterocycles. The number of nitrogens with zero attached hydrogens (tertiary/aromatic N) is 2. The first-order valence-electron chi connectivity index (χ1n) is 7.26. The number of carbonyl (C=O) groups excluding carboxylic acids is 1. The fourth-order valence-corrected chi connectivity index (χ4v) is 1.71. The molecule has 1 saturated carbocycles. The molecule has 0 radical (unpaired) electrons. The van der Waals surface area contributed by atoms with Crippen LogP contribution >= 0.6 is 0 Å². The van der Waals surface area contributed by atoms with Crippen molar-refractivity contribution in [3.8, 4) is 5.88 Å². The van der Waals surface area contributed by atoms with Crippen molar-refractivity contribution in [3.63, 3.8) is 0 Å². The zero-order chi connectivity index (χ0) is 14.2. The van der Waals surface area contributed by atoms with Crippen molar-refractivity contribution in [2.24, 2.45) is 0 Å². The summed E-state index contributed by atoms with van der Waals surface area (Å²) in [5.41, 5.74) is 0. The molecule has 0 unspecified atom stereocenters. The Morgan fingerprint density at radius 2 is 2.30 bits per heavy atom. The van der Waals surface area contributed by atoms with Crippen molar-refractivity contribution in [2.45, 2.75) is 45.1 Å². The Hall–Kier alpha value is -1.85. The topological polar surface area (TPSA) is 76.1 Å². The summed E-state index contributed by atoms with van der Waals surface area (Å²) in [5, 5.41) is 6.15. The smallest absolute Gasteiger partial charge is 0.220 e. The largest absolute Gasteiger partial charge is 0.478 e. The summed E-state index contributed by atoms with van der Waals surface area (Å²) in [4.78, 5) is 19.6. The second kappa shape index (κ2) is 7.67. The zero-order valence-corrected chi connectivity index (χ0v) is 11.9. The predicted octanol–water partition coefficient (Wildman–Crippen LogP) is 1.74. The molecular weight excluding hydrogens is 256 g/mol. The molecule has 0 aromatic carbocycles. The second-order valence-corrected chi connectivity index (χ2v) is 4.96.